The van der Waals surface area contributed by atoms with Gasteiger partial charge in [-0.25, -0.2) is 9.78 Å². The van der Waals surface area contributed by atoms with Crippen molar-refractivity contribution in [1.82, 2.24) is 25.8 Å². The van der Waals surface area contributed by atoms with Gasteiger partial charge < -0.3 is 78.5 Å². The number of amides is 6. The summed E-state index contributed by atoms with van der Waals surface area (Å²) in [6, 6.07) is 7.61. The molecule has 0 spiro atoms. The first-order chi connectivity index (χ1) is 36.0. The molecule has 7 atom stereocenters. The number of hydrogen-bond acceptors (Lipinski definition) is 17. The summed E-state index contributed by atoms with van der Waals surface area (Å²) in [6.07, 6.45) is -0.150. The largest absolute Gasteiger partial charge is 0.615 e. The number of aliphatic hydroxyl groups is 4. The Morgan fingerprint density at radius 3 is 2.24 bits per heavy atom. The molecule has 23 nitrogen and oxygen atoms in total. The van der Waals surface area contributed by atoms with Gasteiger partial charge in [0.2, 0.25) is 30.1 Å². The SMILES string of the molecule is C=C/C(=C(/C)NCC12CC3(C)CC(C)(C1)CC(OCC[N-]C(=O)OCc1ccc(O[C@@H]4O[C@H](CO)[C@H](O)[C@H](O)[C@H]4O)c(NC(=O)CCNC(=O)CCN4C(=O)C=CC4=O)c1)(C3)C2)c1ccc(CC(=O)NC)nc1C(=O)O.[CH3-].[Y]. The van der Waals surface area contributed by atoms with Gasteiger partial charge in [-0.05, 0) is 85.5 Å². The van der Waals surface area contributed by atoms with E-state index in [1.807, 2.05) is 6.92 Å². The Morgan fingerprint density at radius 2 is 1.60 bits per heavy atom. The van der Waals surface area contributed by atoms with Crippen LogP contribution in [0.25, 0.3) is 10.9 Å². The van der Waals surface area contributed by atoms with Gasteiger partial charge in [-0.15, -0.1) is 6.54 Å². The number of hydrogen-bond donors (Lipinski definition) is 9. The van der Waals surface area contributed by atoms with Crippen molar-refractivity contribution in [2.24, 2.45) is 16.2 Å². The minimum absolute atomic E-state index is 0. The first-order valence-electron chi connectivity index (χ1n) is 25.2. The summed E-state index contributed by atoms with van der Waals surface area (Å²) in [7, 11) is 1.50. The Labute approximate surface area is 478 Å². The number of pyridine rings is 1. The number of ether oxygens (including phenoxy) is 4. The Morgan fingerprint density at radius 1 is 0.910 bits per heavy atom. The normalized spacial score (nSPS) is 27.8. The maximum atomic E-state index is 13.2. The van der Waals surface area contributed by atoms with Gasteiger partial charge in [0.25, 0.3) is 11.8 Å². The molecule has 4 saturated carbocycles. The van der Waals surface area contributed by atoms with E-state index < -0.39 is 78.6 Å². The molecule has 2 aliphatic heterocycles. The average Bonchev–Trinajstić information content (AvgIpc) is 3.76. The maximum Gasteiger partial charge on any atom is 0.355 e. The van der Waals surface area contributed by atoms with Crippen LogP contribution in [0.15, 0.2) is 60.8 Å². The summed E-state index contributed by atoms with van der Waals surface area (Å²) in [5.41, 5.74) is 1.59. The molecule has 1 radical (unpaired) electrons. The van der Waals surface area contributed by atoms with Crippen molar-refractivity contribution in [1.29, 1.82) is 0 Å². The predicted molar refractivity (Wildman–Crippen MR) is 277 cm³/mol. The van der Waals surface area contributed by atoms with Crippen LogP contribution in [0.4, 0.5) is 10.5 Å². The molecule has 8 rings (SSSR count). The molecule has 78 heavy (non-hydrogen) atoms. The van der Waals surface area contributed by atoms with Crippen molar-refractivity contribution < 1.29 is 111 Å². The van der Waals surface area contributed by atoms with Crippen molar-refractivity contribution in [2.45, 2.75) is 121 Å². The van der Waals surface area contributed by atoms with Crippen molar-refractivity contribution in [3.05, 3.63) is 96.1 Å². The standard InChI is InChI=1S/C53H69N7O16.CH3.Y/c1-6-33(34-9-8-32(20-40(64)54-5)58-43(34)47(70)71)30(2)57-29-52-24-50(3)23-51(4,25-52)27-53(26-50,28-52)74-18-16-56-49(72)73-22-31-7-10-36(75-48-46(69)45(68)44(67)37(21-61)76-48)35(19-31)59-39(63)13-15-55-38(62)14-17-60-41(65)11-12-42(60)66;;/h6-12,19,37,44-46,48,57,61,67-69H,1,13-18,20-29H2,2-5H3,(H5,54,55,56,59,62,63,64,70,71,72);1H3;/q;-1;/p-1/b33-30+;;/t37-,44+,45+,46-,48-,50?,51?,52?,53?;;/m1../s1. The number of aromatic nitrogens is 1. The predicted octanol–water partition coefficient (Wildman–Crippen LogP) is 2.81. The number of carboxylic acids is 1. The Bertz CT molecular complexity index is 2630. The minimum atomic E-state index is -1.77. The van der Waals surface area contributed by atoms with Gasteiger partial charge in [0.15, 0.2) is 5.69 Å². The molecule has 24 heteroatoms. The number of rotatable bonds is 24. The van der Waals surface area contributed by atoms with E-state index in [2.05, 4.69) is 52.0 Å². The molecule has 1 saturated heterocycles. The number of nitrogens with one attached hydrogen (secondary N) is 4. The van der Waals surface area contributed by atoms with Gasteiger partial charge in [0.05, 0.1) is 30.0 Å². The number of benzene rings is 1. The fraction of sp³-hybridized carbons (Fsp3) is 0.537. The van der Waals surface area contributed by atoms with Crippen molar-refractivity contribution >= 4 is 52.9 Å². The molecule has 9 N–H and O–H groups in total. The number of carbonyl (C=O) groups excluding carboxylic acids is 6. The topological polar surface area (TPSA) is 336 Å². The van der Waals surface area contributed by atoms with E-state index in [1.165, 1.54) is 25.2 Å². The first kappa shape index (κ1) is 63.2. The van der Waals surface area contributed by atoms with Crippen molar-refractivity contribution in [2.75, 3.05) is 51.8 Å². The zero-order chi connectivity index (χ0) is 55.2. The summed E-state index contributed by atoms with van der Waals surface area (Å²) in [4.78, 5) is 91.8. The average molecular weight is 1160 g/mol. The Kier molecular flexibility index (Phi) is 21.5. The van der Waals surface area contributed by atoms with Gasteiger partial charge in [-0.2, -0.15) is 0 Å². The monoisotopic (exact) mass is 1160 g/mol. The van der Waals surface area contributed by atoms with Crippen molar-refractivity contribution in [3.8, 4) is 5.75 Å². The molecule has 1 aromatic heterocycles. The smallest absolute Gasteiger partial charge is 0.355 e. The van der Waals surface area contributed by atoms with E-state index in [9.17, 15) is 59.1 Å². The second-order valence-electron chi connectivity index (χ2n) is 21.3. The van der Waals surface area contributed by atoms with Crippen LogP contribution in [0.5, 0.6) is 5.75 Å². The summed E-state index contributed by atoms with van der Waals surface area (Å²) < 4.78 is 23.6. The third-order valence-electron chi connectivity index (χ3n) is 14.7. The second kappa shape index (κ2) is 26.5. The van der Waals surface area contributed by atoms with Crippen LogP contribution < -0.4 is 26.0 Å². The third-order valence-corrected chi connectivity index (χ3v) is 14.7. The van der Waals surface area contributed by atoms with Crippen LogP contribution in [-0.4, -0.2) is 160 Å². The van der Waals surface area contributed by atoms with Crippen LogP contribution in [-0.2, 0) is 83.9 Å². The van der Waals surface area contributed by atoms with E-state index in [4.69, 9.17) is 18.9 Å². The number of anilines is 1. The van der Waals surface area contributed by atoms with Gasteiger partial charge in [0.1, 0.15) is 36.8 Å². The van der Waals surface area contributed by atoms with E-state index in [-0.39, 0.29) is 132 Å². The molecule has 4 bridgehead atoms. The Balaban J connectivity index is 0.00000560. The summed E-state index contributed by atoms with van der Waals surface area (Å²) in [5, 5.41) is 66.5. The number of carbonyl (C=O) groups is 7. The molecule has 2 unspecified atom stereocenters. The summed E-state index contributed by atoms with van der Waals surface area (Å²) >= 11 is 0. The number of allylic oxidation sites excluding steroid dienone is 3. The quantitative estimate of drug-likeness (QED) is 0.0316. The van der Waals surface area contributed by atoms with Crippen LogP contribution in [0.2, 0.25) is 0 Å². The summed E-state index contributed by atoms with van der Waals surface area (Å²) in [5.74, 6) is -3.76. The fourth-order valence-corrected chi connectivity index (χ4v) is 12.5. The molecule has 423 valence electrons. The van der Waals surface area contributed by atoms with Crippen LogP contribution in [0.1, 0.15) is 99.4 Å². The molecule has 1 aromatic carbocycles. The Hall–Kier alpha value is -5.66. The first-order valence-corrected chi connectivity index (χ1v) is 25.2. The van der Waals surface area contributed by atoms with E-state index in [0.717, 1.165) is 61.3 Å². The molecule has 6 aliphatic rings. The maximum absolute atomic E-state index is 13.2. The van der Waals surface area contributed by atoms with E-state index in [1.54, 1.807) is 18.2 Å². The third kappa shape index (κ3) is 15.2. The van der Waals surface area contributed by atoms with E-state index in [0.29, 0.717) is 28.9 Å². The molecular weight excluding hydrogens is 1090 g/mol. The zero-order valence-electron chi connectivity index (χ0n) is 44.7. The van der Waals surface area contributed by atoms with Gasteiger partial charge in [0, 0.05) is 108 Å². The number of aliphatic hydroxyl groups excluding tert-OH is 4. The molecule has 6 amide bonds. The van der Waals surface area contributed by atoms with Gasteiger partial charge >= 0.3 is 5.97 Å². The number of likely N-dealkylation sites (N-methyl/N-ethyl adjacent to an activating group) is 1. The van der Waals surface area contributed by atoms with Crippen LogP contribution in [0, 0.1) is 23.7 Å². The molecular formula is C54H71N7O16Y-2. The second-order valence-corrected chi connectivity index (χ2v) is 21.3. The number of nitrogens with zero attached hydrogens (tertiary/aromatic N) is 3. The summed E-state index contributed by atoms with van der Waals surface area (Å²) in [6.45, 7) is 9.98. The fourth-order valence-electron chi connectivity index (χ4n) is 12.5. The zero-order valence-corrected chi connectivity index (χ0v) is 47.5. The van der Waals surface area contributed by atoms with Crippen LogP contribution >= 0.6 is 0 Å². The number of aromatic carboxylic acids is 1. The van der Waals surface area contributed by atoms with Gasteiger partial charge in [-0.1, -0.05) is 38.6 Å². The van der Waals surface area contributed by atoms with Crippen molar-refractivity contribution in [3.63, 3.8) is 0 Å². The van der Waals surface area contributed by atoms with Gasteiger partial charge in [-0.3, -0.25) is 33.7 Å². The number of carboxylic acid groups (broad SMARTS) is 1. The molecule has 2 aromatic rings. The van der Waals surface area contributed by atoms with E-state index >= 15 is 0 Å². The molecule has 3 heterocycles. The van der Waals surface area contributed by atoms with Crippen LogP contribution in [0.3, 0.4) is 0 Å². The molecule has 5 fully saturated rings. The number of imide groups is 1. The minimum Gasteiger partial charge on any atom is -0.615 e. The molecule has 4 aliphatic carbocycles.